The highest BCUT2D eigenvalue weighted by molar-refractivity contribution is 6.30. The van der Waals surface area contributed by atoms with E-state index in [1.54, 1.807) is 16.9 Å². The zero-order valence-electron chi connectivity index (χ0n) is 9.98. The molecule has 0 amide bonds. The molecule has 1 atom stereocenters. The lowest BCUT2D eigenvalue weighted by Crippen LogP contribution is -2.02. The van der Waals surface area contributed by atoms with E-state index in [4.69, 9.17) is 11.6 Å². The summed E-state index contributed by atoms with van der Waals surface area (Å²) in [5.41, 5.74) is 1.43. The third kappa shape index (κ3) is 2.89. The number of aliphatic hydroxyl groups excluding tert-OH is 1. The second-order valence-electron chi connectivity index (χ2n) is 4.10. The minimum Gasteiger partial charge on any atom is -0.388 e. The van der Waals surface area contributed by atoms with Crippen molar-refractivity contribution >= 4 is 11.6 Å². The summed E-state index contributed by atoms with van der Waals surface area (Å²) in [5, 5.41) is 14.2. The molecule has 0 spiro atoms. The number of hydrogen-bond acceptors (Lipinski definition) is 2. The maximum absolute atomic E-state index is 13.3. The van der Waals surface area contributed by atoms with Gasteiger partial charge in [0.05, 0.1) is 17.3 Å². The van der Waals surface area contributed by atoms with Crippen molar-refractivity contribution in [2.75, 3.05) is 0 Å². The van der Waals surface area contributed by atoms with E-state index in [1.807, 2.05) is 13.1 Å². The Morgan fingerprint density at radius 1 is 1.50 bits per heavy atom. The molecule has 0 radical (unpaired) electrons. The molecule has 1 unspecified atom stereocenters. The summed E-state index contributed by atoms with van der Waals surface area (Å²) in [7, 11) is 0. The Bertz CT molecular complexity index is 542. The Hall–Kier alpha value is -1.39. The average Bonchev–Trinajstić information content (AvgIpc) is 2.80. The number of benzene rings is 1. The molecule has 0 aliphatic heterocycles. The summed E-state index contributed by atoms with van der Waals surface area (Å²) in [5.74, 6) is -0.516. The van der Waals surface area contributed by atoms with Crippen LogP contribution in [-0.2, 0) is 13.0 Å². The highest BCUT2D eigenvalue weighted by Crippen LogP contribution is 2.22. The molecule has 3 nitrogen and oxygen atoms in total. The van der Waals surface area contributed by atoms with Crippen LogP contribution in [-0.4, -0.2) is 14.9 Å². The van der Waals surface area contributed by atoms with E-state index in [2.05, 4.69) is 5.10 Å². The number of rotatable bonds is 4. The lowest BCUT2D eigenvalue weighted by molar-refractivity contribution is 0.178. The third-order valence-corrected chi connectivity index (χ3v) is 3.07. The van der Waals surface area contributed by atoms with Crippen LogP contribution in [0.2, 0.25) is 5.02 Å². The maximum Gasteiger partial charge on any atom is 0.142 e. The van der Waals surface area contributed by atoms with Crippen LogP contribution >= 0.6 is 11.6 Å². The van der Waals surface area contributed by atoms with Crippen LogP contribution in [0.4, 0.5) is 4.39 Å². The normalized spacial score (nSPS) is 12.7. The molecule has 1 N–H and O–H groups in total. The fourth-order valence-electron chi connectivity index (χ4n) is 1.75. The summed E-state index contributed by atoms with van der Waals surface area (Å²) in [6, 6.07) is 4.34. The molecular weight excluding hydrogens is 255 g/mol. The molecule has 1 aromatic heterocycles. The average molecular weight is 269 g/mol. The monoisotopic (exact) mass is 268 g/mol. The zero-order chi connectivity index (χ0) is 13.1. The summed E-state index contributed by atoms with van der Waals surface area (Å²) < 4.78 is 15.1. The van der Waals surface area contributed by atoms with Crippen LogP contribution in [0.15, 0.2) is 30.6 Å². The van der Waals surface area contributed by atoms with Crippen molar-refractivity contribution in [1.82, 2.24) is 9.78 Å². The van der Waals surface area contributed by atoms with Gasteiger partial charge in [0.1, 0.15) is 5.82 Å². The van der Waals surface area contributed by atoms with Gasteiger partial charge in [0.25, 0.3) is 0 Å². The van der Waals surface area contributed by atoms with E-state index in [0.29, 0.717) is 12.0 Å². The van der Waals surface area contributed by atoms with Crippen molar-refractivity contribution in [1.29, 1.82) is 0 Å². The van der Waals surface area contributed by atoms with Crippen LogP contribution in [0, 0.1) is 5.82 Å². The Balaban J connectivity index is 2.11. The van der Waals surface area contributed by atoms with Crippen molar-refractivity contribution in [2.45, 2.75) is 26.0 Å². The van der Waals surface area contributed by atoms with Gasteiger partial charge in [0, 0.05) is 19.2 Å². The van der Waals surface area contributed by atoms with E-state index in [9.17, 15) is 9.50 Å². The van der Waals surface area contributed by atoms with E-state index < -0.39 is 11.9 Å². The molecule has 2 aromatic rings. The van der Waals surface area contributed by atoms with Crippen LogP contribution in [0.5, 0.6) is 0 Å². The van der Waals surface area contributed by atoms with Gasteiger partial charge in [-0.05, 0) is 30.2 Å². The Morgan fingerprint density at radius 3 is 2.89 bits per heavy atom. The second kappa shape index (κ2) is 5.50. The highest BCUT2D eigenvalue weighted by atomic mass is 35.5. The number of halogens is 2. The highest BCUT2D eigenvalue weighted by Gasteiger charge is 2.12. The van der Waals surface area contributed by atoms with Gasteiger partial charge in [-0.1, -0.05) is 17.7 Å². The smallest absolute Gasteiger partial charge is 0.142 e. The van der Waals surface area contributed by atoms with Gasteiger partial charge in [-0.2, -0.15) is 5.10 Å². The first-order valence-electron chi connectivity index (χ1n) is 5.74. The van der Waals surface area contributed by atoms with Gasteiger partial charge < -0.3 is 5.11 Å². The quantitative estimate of drug-likeness (QED) is 0.926. The van der Waals surface area contributed by atoms with Gasteiger partial charge >= 0.3 is 0 Å². The molecular formula is C13H14ClFN2O. The molecule has 0 aliphatic carbocycles. The van der Waals surface area contributed by atoms with Crippen LogP contribution in [0.1, 0.15) is 24.2 Å². The topological polar surface area (TPSA) is 38.0 Å². The standard InChI is InChI=1S/C13H14ClFN2O/c1-2-17-8-9(7-16-17)5-13(18)10-3-4-11(14)12(15)6-10/h3-4,6-8,13,18H,2,5H2,1H3. The van der Waals surface area contributed by atoms with Gasteiger partial charge in [0.15, 0.2) is 0 Å². The maximum atomic E-state index is 13.3. The number of hydrogen-bond donors (Lipinski definition) is 1. The molecule has 0 bridgehead atoms. The fraction of sp³-hybridized carbons (Fsp3) is 0.308. The van der Waals surface area contributed by atoms with Gasteiger partial charge in [0.2, 0.25) is 0 Å². The Morgan fingerprint density at radius 2 is 2.28 bits per heavy atom. The SMILES string of the molecule is CCn1cc(CC(O)c2ccc(Cl)c(F)c2)cn1. The lowest BCUT2D eigenvalue weighted by atomic mass is 10.0. The van der Waals surface area contributed by atoms with Gasteiger partial charge in [-0.25, -0.2) is 4.39 Å². The molecule has 5 heteroatoms. The summed E-state index contributed by atoms with van der Waals surface area (Å²) in [4.78, 5) is 0. The molecule has 96 valence electrons. The number of aliphatic hydroxyl groups is 1. The Kier molecular flexibility index (Phi) is 3.99. The van der Waals surface area contributed by atoms with E-state index in [0.717, 1.165) is 12.1 Å². The van der Waals surface area contributed by atoms with Gasteiger partial charge in [-0.3, -0.25) is 4.68 Å². The Labute approximate surface area is 110 Å². The van der Waals surface area contributed by atoms with Crippen molar-refractivity contribution in [3.05, 3.63) is 52.6 Å². The molecule has 0 saturated heterocycles. The molecule has 18 heavy (non-hydrogen) atoms. The van der Waals surface area contributed by atoms with Crippen molar-refractivity contribution in [2.24, 2.45) is 0 Å². The molecule has 0 fully saturated rings. The fourth-order valence-corrected chi connectivity index (χ4v) is 1.86. The van der Waals surface area contributed by atoms with Gasteiger partial charge in [-0.15, -0.1) is 0 Å². The van der Waals surface area contributed by atoms with Crippen molar-refractivity contribution in [3.8, 4) is 0 Å². The number of aryl methyl sites for hydroxylation is 1. The molecule has 0 aliphatic rings. The second-order valence-corrected chi connectivity index (χ2v) is 4.50. The number of aromatic nitrogens is 2. The lowest BCUT2D eigenvalue weighted by Gasteiger charge is -2.10. The summed E-state index contributed by atoms with van der Waals surface area (Å²) >= 11 is 5.60. The predicted molar refractivity (Wildman–Crippen MR) is 68.0 cm³/mol. The summed E-state index contributed by atoms with van der Waals surface area (Å²) in [6.45, 7) is 2.77. The van der Waals surface area contributed by atoms with E-state index in [-0.39, 0.29) is 5.02 Å². The van der Waals surface area contributed by atoms with Crippen molar-refractivity contribution < 1.29 is 9.50 Å². The predicted octanol–water partition coefficient (Wildman–Crippen LogP) is 2.97. The zero-order valence-corrected chi connectivity index (χ0v) is 10.7. The third-order valence-electron chi connectivity index (χ3n) is 2.77. The minimum absolute atomic E-state index is 0.0600. The first kappa shape index (κ1) is 13.1. The molecule has 2 rings (SSSR count). The first-order chi connectivity index (χ1) is 8.60. The van der Waals surface area contributed by atoms with Crippen molar-refractivity contribution in [3.63, 3.8) is 0 Å². The largest absolute Gasteiger partial charge is 0.388 e. The van der Waals surface area contributed by atoms with Crippen LogP contribution < -0.4 is 0 Å². The molecule has 1 heterocycles. The van der Waals surface area contributed by atoms with E-state index in [1.165, 1.54) is 12.1 Å². The summed E-state index contributed by atoms with van der Waals surface area (Å²) in [6.07, 6.45) is 3.22. The molecule has 1 aromatic carbocycles. The first-order valence-corrected chi connectivity index (χ1v) is 6.12. The molecule has 0 saturated carbocycles. The number of nitrogens with zero attached hydrogens (tertiary/aromatic N) is 2. The van der Waals surface area contributed by atoms with Crippen LogP contribution in [0.25, 0.3) is 0 Å². The van der Waals surface area contributed by atoms with Crippen LogP contribution in [0.3, 0.4) is 0 Å². The van der Waals surface area contributed by atoms with E-state index >= 15 is 0 Å². The minimum atomic E-state index is -0.758.